The number of carbonyl (C=O) groups is 1. The molecule has 5 nitrogen and oxygen atoms in total. The van der Waals surface area contributed by atoms with Gasteiger partial charge in [0.25, 0.3) is 0 Å². The number of ether oxygens (including phenoxy) is 1. The first-order valence-corrected chi connectivity index (χ1v) is 12.6. The van der Waals surface area contributed by atoms with E-state index >= 15 is 0 Å². The zero-order chi connectivity index (χ0) is 25.7. The summed E-state index contributed by atoms with van der Waals surface area (Å²) in [5.41, 5.74) is 8.73. The predicted octanol–water partition coefficient (Wildman–Crippen LogP) is 5.35. The summed E-state index contributed by atoms with van der Waals surface area (Å²) < 4.78 is 5.40. The number of aryl methyl sites for hydroxylation is 2. The molecule has 0 unspecified atom stereocenters. The molecular formula is C31H37N3O2. The zero-order valence-corrected chi connectivity index (χ0v) is 22.1. The molecule has 0 spiro atoms. The van der Waals surface area contributed by atoms with E-state index in [1.165, 1.54) is 16.7 Å². The Hall–Kier alpha value is -3.41. The Morgan fingerprint density at radius 2 is 1.69 bits per heavy atom. The van der Waals surface area contributed by atoms with Crippen molar-refractivity contribution in [2.75, 3.05) is 52.3 Å². The third kappa shape index (κ3) is 6.23. The fourth-order valence-corrected chi connectivity index (χ4v) is 4.87. The summed E-state index contributed by atoms with van der Waals surface area (Å²) in [5.74, 6) is 0.757. The summed E-state index contributed by atoms with van der Waals surface area (Å²) in [6, 6.07) is 18.9. The molecule has 5 heteroatoms. The van der Waals surface area contributed by atoms with Gasteiger partial charge in [0.15, 0.2) is 5.78 Å². The average molecular weight is 484 g/mol. The normalized spacial score (nSPS) is 14.0. The van der Waals surface area contributed by atoms with Gasteiger partial charge in [0.05, 0.1) is 7.11 Å². The average Bonchev–Trinajstić information content (AvgIpc) is 2.86. The Balaban J connectivity index is 1.72. The standard InChI is InChI=1S/C31H37N3O2/c1-22-16-23(2)18-26(17-22)24-6-10-30(34-14-12-32-13-15-34)25(19-24)7-11-31(35)29-9-8-28(36-5)20-27(29)21-33(3)4/h6-11,16-20,32H,12-15,21H2,1-5H3. The smallest absolute Gasteiger partial charge is 0.186 e. The van der Waals surface area contributed by atoms with Crippen LogP contribution in [0.15, 0.2) is 60.7 Å². The molecule has 3 aromatic rings. The number of methoxy groups -OCH3 is 1. The molecule has 36 heavy (non-hydrogen) atoms. The molecule has 0 saturated carbocycles. The Morgan fingerprint density at radius 1 is 0.972 bits per heavy atom. The third-order valence-corrected chi connectivity index (χ3v) is 6.52. The molecule has 0 aliphatic carbocycles. The quantitative estimate of drug-likeness (QED) is 0.346. The topological polar surface area (TPSA) is 44.8 Å². The van der Waals surface area contributed by atoms with Gasteiger partial charge in [0.1, 0.15) is 5.75 Å². The molecule has 1 saturated heterocycles. The summed E-state index contributed by atoms with van der Waals surface area (Å²) in [7, 11) is 5.65. The van der Waals surface area contributed by atoms with Gasteiger partial charge in [-0.2, -0.15) is 0 Å². The molecule has 0 amide bonds. The van der Waals surface area contributed by atoms with E-state index in [1.54, 1.807) is 13.2 Å². The van der Waals surface area contributed by atoms with Gasteiger partial charge in [-0.15, -0.1) is 0 Å². The van der Waals surface area contributed by atoms with E-state index in [1.807, 2.05) is 38.4 Å². The first-order valence-electron chi connectivity index (χ1n) is 12.6. The van der Waals surface area contributed by atoms with Crippen molar-refractivity contribution in [3.63, 3.8) is 0 Å². The van der Waals surface area contributed by atoms with Gasteiger partial charge in [0.2, 0.25) is 0 Å². The summed E-state index contributed by atoms with van der Waals surface area (Å²) in [6.07, 6.45) is 3.70. The maximum Gasteiger partial charge on any atom is 0.186 e. The largest absolute Gasteiger partial charge is 0.497 e. The Morgan fingerprint density at radius 3 is 2.36 bits per heavy atom. The fraction of sp³-hybridized carbons (Fsp3) is 0.323. The van der Waals surface area contributed by atoms with Crippen molar-refractivity contribution < 1.29 is 9.53 Å². The van der Waals surface area contributed by atoms with Crippen LogP contribution in [-0.2, 0) is 6.54 Å². The molecule has 1 heterocycles. The summed E-state index contributed by atoms with van der Waals surface area (Å²) in [5, 5.41) is 3.43. The molecule has 0 atom stereocenters. The molecule has 4 rings (SSSR count). The molecule has 1 aliphatic rings. The molecule has 0 aromatic heterocycles. The van der Waals surface area contributed by atoms with Crippen LogP contribution >= 0.6 is 0 Å². The van der Waals surface area contributed by atoms with Gasteiger partial charge < -0.3 is 19.9 Å². The number of hydrogen-bond donors (Lipinski definition) is 1. The lowest BCUT2D eigenvalue weighted by molar-refractivity contribution is 0.104. The van der Waals surface area contributed by atoms with Crippen LogP contribution in [0.25, 0.3) is 17.2 Å². The van der Waals surface area contributed by atoms with Gasteiger partial charge in [-0.25, -0.2) is 0 Å². The van der Waals surface area contributed by atoms with Gasteiger partial charge in [0, 0.05) is 44.0 Å². The number of ketones is 1. The lowest BCUT2D eigenvalue weighted by Crippen LogP contribution is -2.43. The molecule has 1 aliphatic heterocycles. The van der Waals surface area contributed by atoms with Crippen molar-refractivity contribution in [1.82, 2.24) is 10.2 Å². The lowest BCUT2D eigenvalue weighted by atomic mass is 9.97. The van der Waals surface area contributed by atoms with E-state index in [0.717, 1.165) is 54.3 Å². The number of carbonyl (C=O) groups excluding carboxylic acids is 1. The molecule has 0 bridgehead atoms. The maximum absolute atomic E-state index is 13.4. The Bertz CT molecular complexity index is 1240. The first kappa shape index (κ1) is 25.7. The second-order valence-corrected chi connectivity index (χ2v) is 9.85. The van der Waals surface area contributed by atoms with Gasteiger partial charge in [-0.1, -0.05) is 35.4 Å². The molecular weight excluding hydrogens is 446 g/mol. The fourth-order valence-electron chi connectivity index (χ4n) is 4.87. The van der Waals surface area contributed by atoms with E-state index in [2.05, 4.69) is 65.4 Å². The van der Waals surface area contributed by atoms with E-state index in [-0.39, 0.29) is 5.78 Å². The van der Waals surface area contributed by atoms with Crippen molar-refractivity contribution in [3.8, 4) is 16.9 Å². The first-order chi connectivity index (χ1) is 17.3. The number of nitrogens with zero attached hydrogens (tertiary/aromatic N) is 2. The zero-order valence-electron chi connectivity index (χ0n) is 22.1. The SMILES string of the molecule is COc1ccc(C(=O)C=Cc2cc(-c3cc(C)cc(C)c3)ccc2N2CCNCC2)c(CN(C)C)c1. The summed E-state index contributed by atoms with van der Waals surface area (Å²) in [6.45, 7) is 8.74. The maximum atomic E-state index is 13.4. The van der Waals surface area contributed by atoms with E-state index in [0.29, 0.717) is 12.1 Å². The number of nitrogens with one attached hydrogen (secondary N) is 1. The van der Waals surface area contributed by atoms with Crippen LogP contribution in [0.2, 0.25) is 0 Å². The predicted molar refractivity (Wildman–Crippen MR) is 150 cm³/mol. The minimum Gasteiger partial charge on any atom is -0.497 e. The molecule has 1 N–H and O–H groups in total. The molecule has 1 fully saturated rings. The van der Waals surface area contributed by atoms with Crippen molar-refractivity contribution in [1.29, 1.82) is 0 Å². The monoisotopic (exact) mass is 483 g/mol. The molecule has 188 valence electrons. The van der Waals surface area contributed by atoms with E-state index in [4.69, 9.17) is 4.74 Å². The second-order valence-electron chi connectivity index (χ2n) is 9.85. The lowest BCUT2D eigenvalue weighted by Gasteiger charge is -2.31. The van der Waals surface area contributed by atoms with Crippen LogP contribution < -0.4 is 15.0 Å². The highest BCUT2D eigenvalue weighted by molar-refractivity contribution is 6.08. The van der Waals surface area contributed by atoms with Gasteiger partial charge in [-0.05, 0) is 92.7 Å². The molecule has 3 aromatic carbocycles. The molecule has 0 radical (unpaired) electrons. The van der Waals surface area contributed by atoms with Crippen molar-refractivity contribution >= 4 is 17.5 Å². The highest BCUT2D eigenvalue weighted by atomic mass is 16.5. The third-order valence-electron chi connectivity index (χ3n) is 6.52. The minimum atomic E-state index is -0.00225. The Labute approximate surface area is 215 Å². The minimum absolute atomic E-state index is 0.00225. The van der Waals surface area contributed by atoms with Crippen LogP contribution in [-0.4, -0.2) is 58.1 Å². The number of anilines is 1. The van der Waals surface area contributed by atoms with Gasteiger partial charge >= 0.3 is 0 Å². The highest BCUT2D eigenvalue weighted by Crippen LogP contribution is 2.30. The summed E-state index contributed by atoms with van der Waals surface area (Å²) in [4.78, 5) is 17.8. The van der Waals surface area contributed by atoms with Crippen LogP contribution in [0.3, 0.4) is 0 Å². The van der Waals surface area contributed by atoms with Crippen LogP contribution in [0.5, 0.6) is 5.75 Å². The van der Waals surface area contributed by atoms with Crippen molar-refractivity contribution in [3.05, 3.63) is 88.5 Å². The number of piperazine rings is 1. The van der Waals surface area contributed by atoms with Gasteiger partial charge in [-0.3, -0.25) is 4.79 Å². The Kier molecular flexibility index (Phi) is 8.24. The van der Waals surface area contributed by atoms with Crippen LogP contribution in [0, 0.1) is 13.8 Å². The van der Waals surface area contributed by atoms with Crippen molar-refractivity contribution in [2.45, 2.75) is 20.4 Å². The van der Waals surface area contributed by atoms with Crippen LogP contribution in [0.4, 0.5) is 5.69 Å². The van der Waals surface area contributed by atoms with Crippen molar-refractivity contribution in [2.24, 2.45) is 0 Å². The second kappa shape index (κ2) is 11.5. The van der Waals surface area contributed by atoms with E-state index in [9.17, 15) is 4.79 Å². The highest BCUT2D eigenvalue weighted by Gasteiger charge is 2.16. The van der Waals surface area contributed by atoms with E-state index < -0.39 is 0 Å². The number of allylic oxidation sites excluding steroid dienone is 1. The number of benzene rings is 3. The number of rotatable bonds is 8. The summed E-state index contributed by atoms with van der Waals surface area (Å²) >= 11 is 0. The van der Waals surface area contributed by atoms with Crippen LogP contribution in [0.1, 0.15) is 32.6 Å². The number of hydrogen-bond acceptors (Lipinski definition) is 5.